The number of carboxylic acid groups (broad SMARTS) is 1. The third-order valence-corrected chi connectivity index (χ3v) is 5.62. The van der Waals surface area contributed by atoms with Gasteiger partial charge in [-0.15, -0.1) is 0 Å². The molecule has 1 amide bonds. The molecule has 0 saturated heterocycles. The number of amides is 1. The highest BCUT2D eigenvalue weighted by Gasteiger charge is 2.38. The number of nitrogens with zero attached hydrogens (tertiary/aromatic N) is 3. The molecular formula is C24H32F3N5O5. The first-order chi connectivity index (χ1) is 17.3. The summed E-state index contributed by atoms with van der Waals surface area (Å²) in [5.74, 6) is -0.0877. The molecule has 1 fully saturated rings. The number of alkyl halides is 3. The number of anilines is 2. The van der Waals surface area contributed by atoms with E-state index < -0.39 is 12.1 Å². The summed E-state index contributed by atoms with van der Waals surface area (Å²) in [5, 5.41) is 13.8. The Morgan fingerprint density at radius 2 is 1.54 bits per heavy atom. The molecule has 3 N–H and O–H groups in total. The topological polar surface area (TPSA) is 126 Å². The summed E-state index contributed by atoms with van der Waals surface area (Å²) >= 11 is 0. The van der Waals surface area contributed by atoms with Crippen LogP contribution in [0.3, 0.4) is 0 Å². The van der Waals surface area contributed by atoms with Crippen molar-refractivity contribution in [2.45, 2.75) is 50.9 Å². The number of aryl methyl sites for hydroxylation is 1. The van der Waals surface area contributed by atoms with Crippen LogP contribution in [-0.2, 0) is 4.79 Å². The Morgan fingerprint density at radius 3 is 2.00 bits per heavy atom. The van der Waals surface area contributed by atoms with E-state index >= 15 is 0 Å². The Kier molecular flexibility index (Phi) is 10.3. The summed E-state index contributed by atoms with van der Waals surface area (Å²) in [6, 6.07) is 5.69. The number of halogens is 3. The molecule has 1 aliphatic rings. The Labute approximate surface area is 213 Å². The first-order valence-corrected chi connectivity index (χ1v) is 11.5. The van der Waals surface area contributed by atoms with Gasteiger partial charge in [0.1, 0.15) is 17.3 Å². The van der Waals surface area contributed by atoms with Gasteiger partial charge in [-0.05, 0) is 44.7 Å². The van der Waals surface area contributed by atoms with E-state index in [1.54, 1.807) is 32.4 Å². The van der Waals surface area contributed by atoms with E-state index in [2.05, 4.69) is 20.6 Å². The van der Waals surface area contributed by atoms with Crippen molar-refractivity contribution in [2.75, 3.05) is 38.5 Å². The van der Waals surface area contributed by atoms with Crippen molar-refractivity contribution in [3.05, 3.63) is 35.5 Å². The number of hydrogen-bond acceptors (Lipinski definition) is 8. The zero-order valence-electron chi connectivity index (χ0n) is 21.3. The number of carbonyl (C=O) groups excluding carboxylic acids is 1. The van der Waals surface area contributed by atoms with E-state index in [0.717, 1.165) is 37.1 Å². The lowest BCUT2D eigenvalue weighted by Gasteiger charge is -2.30. The summed E-state index contributed by atoms with van der Waals surface area (Å²) in [7, 11) is 7.01. The Bertz CT molecular complexity index is 1050. The molecule has 10 nitrogen and oxygen atoms in total. The van der Waals surface area contributed by atoms with Crippen molar-refractivity contribution in [1.82, 2.24) is 15.3 Å². The minimum Gasteiger partial charge on any atom is -0.497 e. The van der Waals surface area contributed by atoms with Crippen LogP contribution in [0, 0.1) is 6.92 Å². The van der Waals surface area contributed by atoms with Crippen LogP contribution >= 0.6 is 0 Å². The highest BCUT2D eigenvalue weighted by molar-refractivity contribution is 5.95. The minimum atomic E-state index is -5.08. The second kappa shape index (κ2) is 13.0. The normalized spacial score (nSPS) is 17.1. The fourth-order valence-corrected chi connectivity index (χ4v) is 3.58. The summed E-state index contributed by atoms with van der Waals surface area (Å²) in [6.07, 6.45) is 0.517. The summed E-state index contributed by atoms with van der Waals surface area (Å²) in [6.45, 7) is 2.01. The van der Waals surface area contributed by atoms with E-state index in [-0.39, 0.29) is 11.9 Å². The highest BCUT2D eigenvalue weighted by atomic mass is 19.4. The lowest BCUT2D eigenvalue weighted by molar-refractivity contribution is -0.192. The standard InChI is InChI=1S/C22H31N5O3.C2HF3O2/c1-14-13-23-22(27(2)3)26-20(14)24-16-6-8-17(9-7-16)25-21(28)15-10-18(29-4)12-19(11-15)30-5;3-2(4,5)1(6)7/h10-13,16-17H,6-9H2,1-5H3,(H,25,28)(H,23,24,26);(H,6,7)/t16-,17+;. The summed E-state index contributed by atoms with van der Waals surface area (Å²) in [5.41, 5.74) is 1.57. The molecule has 0 unspecified atom stereocenters. The number of aromatic nitrogens is 2. The van der Waals surface area contributed by atoms with Crippen LogP contribution < -0.4 is 25.0 Å². The number of methoxy groups -OCH3 is 2. The Hall–Kier alpha value is -3.77. The van der Waals surface area contributed by atoms with Crippen molar-refractivity contribution < 1.29 is 37.3 Å². The molecule has 0 bridgehead atoms. The largest absolute Gasteiger partial charge is 0.497 e. The van der Waals surface area contributed by atoms with Gasteiger partial charge >= 0.3 is 12.1 Å². The number of benzene rings is 1. The average molecular weight is 528 g/mol. The van der Waals surface area contributed by atoms with Crippen LogP contribution in [0.15, 0.2) is 24.4 Å². The van der Waals surface area contributed by atoms with E-state index in [1.165, 1.54) is 0 Å². The van der Waals surface area contributed by atoms with E-state index in [9.17, 15) is 18.0 Å². The zero-order chi connectivity index (χ0) is 27.8. The molecule has 1 aliphatic carbocycles. The molecule has 0 atom stereocenters. The second-order valence-corrected chi connectivity index (χ2v) is 8.67. The van der Waals surface area contributed by atoms with Crippen LogP contribution in [0.2, 0.25) is 0 Å². The monoisotopic (exact) mass is 527 g/mol. The van der Waals surface area contributed by atoms with Crippen molar-refractivity contribution in [2.24, 2.45) is 0 Å². The third-order valence-electron chi connectivity index (χ3n) is 5.62. The maximum absolute atomic E-state index is 12.7. The lowest BCUT2D eigenvalue weighted by Crippen LogP contribution is -2.40. The van der Waals surface area contributed by atoms with E-state index in [0.29, 0.717) is 29.1 Å². The molecule has 1 aromatic carbocycles. The predicted molar refractivity (Wildman–Crippen MR) is 131 cm³/mol. The van der Waals surface area contributed by atoms with Crippen LogP contribution in [0.25, 0.3) is 0 Å². The first kappa shape index (κ1) is 29.5. The minimum absolute atomic E-state index is 0.106. The van der Waals surface area contributed by atoms with E-state index in [4.69, 9.17) is 19.4 Å². The number of nitrogens with one attached hydrogen (secondary N) is 2. The molecule has 1 heterocycles. The van der Waals surface area contributed by atoms with Crippen molar-refractivity contribution in [3.8, 4) is 11.5 Å². The van der Waals surface area contributed by atoms with Crippen molar-refractivity contribution >= 4 is 23.6 Å². The quantitative estimate of drug-likeness (QED) is 0.495. The van der Waals surface area contributed by atoms with Crippen molar-refractivity contribution in [3.63, 3.8) is 0 Å². The molecule has 2 aromatic rings. The zero-order valence-corrected chi connectivity index (χ0v) is 21.3. The fourth-order valence-electron chi connectivity index (χ4n) is 3.58. The first-order valence-electron chi connectivity index (χ1n) is 11.5. The van der Waals surface area contributed by atoms with Gasteiger partial charge in [0, 0.05) is 49.6 Å². The molecule has 1 aromatic heterocycles. The molecule has 1 saturated carbocycles. The molecule has 204 valence electrons. The summed E-state index contributed by atoms with van der Waals surface area (Å²) < 4.78 is 42.3. The molecular weight excluding hydrogens is 495 g/mol. The maximum Gasteiger partial charge on any atom is 0.490 e. The predicted octanol–water partition coefficient (Wildman–Crippen LogP) is 3.65. The van der Waals surface area contributed by atoms with Crippen molar-refractivity contribution in [1.29, 1.82) is 0 Å². The van der Waals surface area contributed by atoms with Gasteiger partial charge in [-0.3, -0.25) is 4.79 Å². The second-order valence-electron chi connectivity index (χ2n) is 8.67. The number of carboxylic acids is 1. The van der Waals surface area contributed by atoms with Gasteiger partial charge in [0.2, 0.25) is 5.95 Å². The number of carbonyl (C=O) groups is 2. The van der Waals surface area contributed by atoms with Gasteiger partial charge < -0.3 is 30.1 Å². The third kappa shape index (κ3) is 8.99. The van der Waals surface area contributed by atoms with Crippen LogP contribution in [0.5, 0.6) is 11.5 Å². The van der Waals surface area contributed by atoms with Gasteiger partial charge in [-0.25, -0.2) is 9.78 Å². The lowest BCUT2D eigenvalue weighted by atomic mass is 9.91. The van der Waals surface area contributed by atoms with Gasteiger partial charge in [0.25, 0.3) is 5.91 Å². The van der Waals surface area contributed by atoms with Crippen LogP contribution in [0.1, 0.15) is 41.6 Å². The Balaban J connectivity index is 0.000000604. The average Bonchev–Trinajstić information content (AvgIpc) is 2.85. The van der Waals surface area contributed by atoms with Gasteiger partial charge in [-0.1, -0.05) is 0 Å². The number of rotatable bonds is 7. The highest BCUT2D eigenvalue weighted by Crippen LogP contribution is 2.26. The Morgan fingerprint density at radius 1 is 1.03 bits per heavy atom. The smallest absolute Gasteiger partial charge is 0.490 e. The summed E-state index contributed by atoms with van der Waals surface area (Å²) in [4.78, 5) is 32.5. The van der Waals surface area contributed by atoms with Gasteiger partial charge in [0.05, 0.1) is 14.2 Å². The molecule has 3 rings (SSSR count). The number of ether oxygens (including phenoxy) is 2. The SMILES string of the molecule is COc1cc(OC)cc(C(=O)N[C@H]2CC[C@@H](Nc3nc(N(C)C)ncc3C)CC2)c1.O=C(O)C(F)(F)F. The fraction of sp³-hybridized carbons (Fsp3) is 0.500. The molecule has 13 heteroatoms. The molecule has 0 radical (unpaired) electrons. The van der Waals surface area contributed by atoms with Crippen LogP contribution in [-0.4, -0.2) is 73.5 Å². The van der Waals surface area contributed by atoms with E-state index in [1.807, 2.05) is 32.1 Å². The number of hydrogen-bond donors (Lipinski definition) is 3. The molecule has 37 heavy (non-hydrogen) atoms. The van der Waals surface area contributed by atoms with Gasteiger partial charge in [0.15, 0.2) is 0 Å². The molecule has 0 aliphatic heterocycles. The maximum atomic E-state index is 12.7. The van der Waals surface area contributed by atoms with Crippen LogP contribution in [0.4, 0.5) is 24.9 Å². The number of aliphatic carboxylic acids is 1. The molecule has 0 spiro atoms. The van der Waals surface area contributed by atoms with Gasteiger partial charge in [-0.2, -0.15) is 18.2 Å².